The molecule has 0 radical (unpaired) electrons. The van der Waals surface area contributed by atoms with Gasteiger partial charge in [-0.2, -0.15) is 0 Å². The monoisotopic (exact) mass is 487 g/mol. The van der Waals surface area contributed by atoms with Crippen LogP contribution in [0.3, 0.4) is 0 Å². The SMILES string of the molecule is C=CNc1cc(-c2ccc3c(c2)CCCN3)sc1C(N)=NCCc1c(C)[nH]c2c(F)ccc(C)c12. The molecule has 1 aliphatic rings. The van der Waals surface area contributed by atoms with Crippen LogP contribution in [0, 0.1) is 19.7 Å². The number of aliphatic imine (C=N–C) groups is 1. The lowest BCUT2D eigenvalue weighted by Gasteiger charge is -2.18. The first-order chi connectivity index (χ1) is 17.0. The zero-order chi connectivity index (χ0) is 24.5. The van der Waals surface area contributed by atoms with Crippen molar-refractivity contribution in [3.63, 3.8) is 0 Å². The average molecular weight is 488 g/mol. The first-order valence-corrected chi connectivity index (χ1v) is 12.7. The number of rotatable bonds is 7. The number of aromatic amines is 1. The maximum absolute atomic E-state index is 14.3. The molecule has 0 saturated heterocycles. The van der Waals surface area contributed by atoms with E-state index in [0.717, 1.165) is 57.0 Å². The molecule has 4 aromatic rings. The summed E-state index contributed by atoms with van der Waals surface area (Å²) in [6, 6.07) is 12.0. The Morgan fingerprint density at radius 1 is 1.26 bits per heavy atom. The molecule has 3 heterocycles. The van der Waals surface area contributed by atoms with Gasteiger partial charge in [0.15, 0.2) is 0 Å². The topological polar surface area (TPSA) is 78.2 Å². The van der Waals surface area contributed by atoms with Crippen LogP contribution in [0.1, 0.15) is 33.7 Å². The summed E-state index contributed by atoms with van der Waals surface area (Å²) in [5, 5.41) is 7.63. The Balaban J connectivity index is 1.41. The molecule has 35 heavy (non-hydrogen) atoms. The highest BCUT2D eigenvalue weighted by Gasteiger charge is 2.17. The van der Waals surface area contributed by atoms with Gasteiger partial charge in [-0.25, -0.2) is 4.39 Å². The van der Waals surface area contributed by atoms with Gasteiger partial charge in [0, 0.05) is 34.7 Å². The van der Waals surface area contributed by atoms with Crippen molar-refractivity contribution >= 4 is 39.5 Å². The van der Waals surface area contributed by atoms with E-state index in [-0.39, 0.29) is 5.82 Å². The van der Waals surface area contributed by atoms with E-state index in [1.807, 2.05) is 19.9 Å². The van der Waals surface area contributed by atoms with E-state index >= 15 is 0 Å². The summed E-state index contributed by atoms with van der Waals surface area (Å²) in [5.74, 6) is 0.262. The van der Waals surface area contributed by atoms with Crippen LogP contribution in [0.25, 0.3) is 21.3 Å². The van der Waals surface area contributed by atoms with Crippen LogP contribution in [0.2, 0.25) is 0 Å². The summed E-state index contributed by atoms with van der Waals surface area (Å²) in [4.78, 5) is 9.93. The fourth-order valence-electron chi connectivity index (χ4n) is 4.88. The predicted octanol–water partition coefficient (Wildman–Crippen LogP) is 6.51. The predicted molar refractivity (Wildman–Crippen MR) is 147 cm³/mol. The maximum Gasteiger partial charge on any atom is 0.147 e. The Kier molecular flexibility index (Phi) is 6.34. The molecule has 1 aliphatic heterocycles. The zero-order valence-corrected chi connectivity index (χ0v) is 20.9. The third-order valence-electron chi connectivity index (χ3n) is 6.62. The molecule has 2 aromatic heterocycles. The number of nitrogens with zero attached hydrogens (tertiary/aromatic N) is 1. The van der Waals surface area contributed by atoms with Crippen molar-refractivity contribution in [3.8, 4) is 10.4 Å². The number of aromatic nitrogens is 1. The van der Waals surface area contributed by atoms with E-state index in [2.05, 4.69) is 46.5 Å². The van der Waals surface area contributed by atoms with Gasteiger partial charge in [-0.05, 0) is 85.8 Å². The molecule has 2 aromatic carbocycles. The first-order valence-electron chi connectivity index (χ1n) is 11.9. The van der Waals surface area contributed by atoms with Crippen molar-refractivity contribution in [3.05, 3.63) is 82.3 Å². The van der Waals surface area contributed by atoms with E-state index in [1.165, 1.54) is 22.9 Å². The number of hydrogen-bond acceptors (Lipinski definition) is 4. The van der Waals surface area contributed by atoms with Crippen molar-refractivity contribution in [2.75, 3.05) is 23.7 Å². The molecule has 0 spiro atoms. The number of nitrogens with two attached hydrogens (primary N) is 1. The molecule has 5 N–H and O–H groups in total. The summed E-state index contributed by atoms with van der Waals surface area (Å²) in [7, 11) is 0. The largest absolute Gasteiger partial charge is 0.385 e. The molecule has 5 nitrogen and oxygen atoms in total. The number of thiophene rings is 1. The Labute approximate surface area is 209 Å². The van der Waals surface area contributed by atoms with Gasteiger partial charge in [0.1, 0.15) is 11.7 Å². The van der Waals surface area contributed by atoms with Crippen LogP contribution in [0.15, 0.2) is 54.2 Å². The molecule has 0 unspecified atom stereocenters. The smallest absolute Gasteiger partial charge is 0.147 e. The number of nitrogens with one attached hydrogen (secondary N) is 3. The summed E-state index contributed by atoms with van der Waals surface area (Å²) >= 11 is 1.63. The van der Waals surface area contributed by atoms with E-state index in [9.17, 15) is 4.39 Å². The minimum atomic E-state index is -0.229. The second-order valence-electron chi connectivity index (χ2n) is 8.96. The second-order valence-corrected chi connectivity index (χ2v) is 10.0. The molecule has 0 saturated carbocycles. The number of fused-ring (bicyclic) bond motifs is 2. The van der Waals surface area contributed by atoms with Crippen LogP contribution >= 0.6 is 11.3 Å². The summed E-state index contributed by atoms with van der Waals surface area (Å²) in [6.45, 7) is 9.35. The standard InChI is InChI=1S/C28H30FN5S/c1-4-31-23-15-24(19-8-10-22-18(14-19)6-5-12-32-22)35-27(23)28(30)33-13-11-20-17(3)34-26-21(29)9-7-16(2)25(20)26/h4,7-10,14-15,31-32,34H,1,5-6,11-13H2,2-3H3,(H2,30,33). The van der Waals surface area contributed by atoms with Gasteiger partial charge >= 0.3 is 0 Å². The van der Waals surface area contributed by atoms with Crippen molar-refractivity contribution < 1.29 is 4.39 Å². The molecule has 0 amide bonds. The highest BCUT2D eigenvalue weighted by atomic mass is 32.1. The van der Waals surface area contributed by atoms with Crippen LogP contribution in [0.5, 0.6) is 0 Å². The molecule has 0 fully saturated rings. The maximum atomic E-state index is 14.3. The third kappa shape index (κ3) is 4.44. The van der Waals surface area contributed by atoms with Crippen LogP contribution in [-0.4, -0.2) is 23.9 Å². The Bertz CT molecular complexity index is 1450. The van der Waals surface area contributed by atoms with Gasteiger partial charge in [-0.3, -0.25) is 4.99 Å². The fourth-order valence-corrected chi connectivity index (χ4v) is 5.92. The van der Waals surface area contributed by atoms with Crippen molar-refractivity contribution in [1.82, 2.24) is 4.98 Å². The van der Waals surface area contributed by atoms with E-state index in [1.54, 1.807) is 17.5 Å². The molecule has 0 atom stereocenters. The Morgan fingerprint density at radius 2 is 2.11 bits per heavy atom. The van der Waals surface area contributed by atoms with Gasteiger partial charge in [-0.1, -0.05) is 18.7 Å². The summed E-state index contributed by atoms with van der Waals surface area (Å²) < 4.78 is 14.3. The Hall–Kier alpha value is -3.58. The number of hydrogen-bond donors (Lipinski definition) is 4. The molecule has 180 valence electrons. The number of aryl methyl sites for hydroxylation is 3. The van der Waals surface area contributed by atoms with Gasteiger partial charge in [-0.15, -0.1) is 11.3 Å². The fraction of sp³-hybridized carbons (Fsp3) is 0.250. The van der Waals surface area contributed by atoms with E-state index in [4.69, 9.17) is 10.7 Å². The van der Waals surface area contributed by atoms with Gasteiger partial charge in [0.2, 0.25) is 0 Å². The van der Waals surface area contributed by atoms with Gasteiger partial charge in [0.25, 0.3) is 0 Å². The number of anilines is 2. The van der Waals surface area contributed by atoms with Crippen LogP contribution < -0.4 is 16.4 Å². The molecular weight excluding hydrogens is 457 g/mol. The summed E-state index contributed by atoms with van der Waals surface area (Å²) in [6.07, 6.45) is 4.58. The highest BCUT2D eigenvalue weighted by Crippen LogP contribution is 2.37. The minimum Gasteiger partial charge on any atom is -0.385 e. The molecule has 7 heteroatoms. The van der Waals surface area contributed by atoms with Gasteiger partial charge in [0.05, 0.1) is 16.1 Å². The molecule has 0 bridgehead atoms. The normalized spacial score (nSPS) is 13.5. The lowest BCUT2D eigenvalue weighted by molar-refractivity contribution is 0.637. The number of benzene rings is 2. The van der Waals surface area contributed by atoms with Crippen molar-refractivity contribution in [2.45, 2.75) is 33.1 Å². The number of H-pyrrole nitrogens is 1. The van der Waals surface area contributed by atoms with Crippen LogP contribution in [-0.2, 0) is 12.8 Å². The summed E-state index contributed by atoms with van der Waals surface area (Å²) in [5.41, 5.74) is 14.8. The highest BCUT2D eigenvalue weighted by molar-refractivity contribution is 7.18. The lowest BCUT2D eigenvalue weighted by atomic mass is 10.0. The van der Waals surface area contributed by atoms with Crippen molar-refractivity contribution in [2.24, 2.45) is 10.7 Å². The lowest BCUT2D eigenvalue weighted by Crippen LogP contribution is -2.14. The van der Waals surface area contributed by atoms with E-state index in [0.29, 0.717) is 24.3 Å². The van der Waals surface area contributed by atoms with E-state index < -0.39 is 0 Å². The number of halogens is 1. The zero-order valence-electron chi connectivity index (χ0n) is 20.1. The van der Waals surface area contributed by atoms with Crippen molar-refractivity contribution in [1.29, 1.82) is 0 Å². The molecule has 0 aliphatic carbocycles. The second kappa shape index (κ2) is 9.58. The minimum absolute atomic E-state index is 0.229. The quantitative estimate of drug-likeness (QED) is 0.177. The molecular formula is C28H30FN5S. The number of amidine groups is 1. The first kappa shape index (κ1) is 23.2. The Morgan fingerprint density at radius 3 is 2.94 bits per heavy atom. The van der Waals surface area contributed by atoms with Gasteiger partial charge < -0.3 is 21.4 Å². The third-order valence-corrected chi connectivity index (χ3v) is 7.83. The van der Waals surface area contributed by atoms with Crippen LogP contribution in [0.4, 0.5) is 15.8 Å². The average Bonchev–Trinajstić information content (AvgIpc) is 3.43. The molecule has 5 rings (SSSR count).